The molecule has 2 heteroatoms. The summed E-state index contributed by atoms with van der Waals surface area (Å²) in [6.07, 6.45) is -0.505. The Balaban J connectivity index is 2.34. The largest absolute Gasteiger partial charge is 0.376 e. The molecule has 15 heavy (non-hydrogen) atoms. The van der Waals surface area contributed by atoms with E-state index in [-0.39, 0.29) is 5.60 Å². The van der Waals surface area contributed by atoms with Crippen LogP contribution in [0.4, 0.5) is 4.39 Å². The molecule has 0 aliphatic rings. The highest BCUT2D eigenvalue weighted by Crippen LogP contribution is 2.21. The van der Waals surface area contributed by atoms with Gasteiger partial charge in [-0.15, -0.1) is 0 Å². The summed E-state index contributed by atoms with van der Waals surface area (Å²) in [5.41, 5.74) is 0.547. The lowest BCUT2D eigenvalue weighted by Gasteiger charge is -2.20. The van der Waals surface area contributed by atoms with Crippen molar-refractivity contribution in [3.63, 3.8) is 0 Å². The van der Waals surface area contributed by atoms with Crippen LogP contribution in [0.5, 0.6) is 0 Å². The molecule has 1 unspecified atom stereocenters. The lowest BCUT2D eigenvalue weighted by atomic mass is 10.1. The summed E-state index contributed by atoms with van der Waals surface area (Å²) >= 11 is 0. The first-order chi connectivity index (χ1) is 6.99. The lowest BCUT2D eigenvalue weighted by Crippen LogP contribution is -2.20. The van der Waals surface area contributed by atoms with Crippen LogP contribution >= 0.6 is 0 Å². The molecule has 84 valence electrons. The van der Waals surface area contributed by atoms with Crippen molar-refractivity contribution in [2.75, 3.05) is 6.61 Å². The van der Waals surface area contributed by atoms with E-state index in [1.165, 1.54) is 0 Å². The highest BCUT2D eigenvalue weighted by atomic mass is 19.1. The number of halogens is 1. The predicted octanol–water partition coefficient (Wildman–Crippen LogP) is 3.90. The van der Waals surface area contributed by atoms with E-state index in [9.17, 15) is 4.39 Å². The summed E-state index contributed by atoms with van der Waals surface area (Å²) in [5, 5.41) is 0. The smallest absolute Gasteiger partial charge is 0.127 e. The number of hydrogen-bond acceptors (Lipinski definition) is 1. The number of benzene rings is 1. The van der Waals surface area contributed by atoms with Gasteiger partial charge in [0.25, 0.3) is 0 Å². The zero-order valence-corrected chi connectivity index (χ0v) is 9.66. The molecule has 0 aliphatic carbocycles. The minimum absolute atomic E-state index is 0.184. The second-order valence-electron chi connectivity index (χ2n) is 4.63. The van der Waals surface area contributed by atoms with Gasteiger partial charge in [-0.2, -0.15) is 0 Å². The molecule has 1 rings (SSSR count). The first-order valence-corrected chi connectivity index (χ1v) is 5.32. The van der Waals surface area contributed by atoms with E-state index in [2.05, 4.69) is 0 Å². The number of hydrogen-bond donors (Lipinski definition) is 0. The number of rotatable bonds is 4. The van der Waals surface area contributed by atoms with Gasteiger partial charge in [0.2, 0.25) is 0 Å². The monoisotopic (exact) mass is 210 g/mol. The average molecular weight is 210 g/mol. The maximum absolute atomic E-state index is 13.6. The molecule has 0 aliphatic heterocycles. The van der Waals surface area contributed by atoms with E-state index < -0.39 is 6.17 Å². The van der Waals surface area contributed by atoms with Gasteiger partial charge in [0.1, 0.15) is 6.17 Å². The molecule has 1 aromatic rings. The third-order valence-electron chi connectivity index (χ3n) is 2.07. The fraction of sp³-hybridized carbons (Fsp3) is 0.538. The molecular formula is C13H19FO. The molecule has 0 saturated heterocycles. The third kappa shape index (κ3) is 4.93. The Morgan fingerprint density at radius 1 is 1.20 bits per heavy atom. The van der Waals surface area contributed by atoms with Crippen molar-refractivity contribution < 1.29 is 9.13 Å². The van der Waals surface area contributed by atoms with E-state index in [0.29, 0.717) is 13.0 Å². The van der Waals surface area contributed by atoms with Crippen molar-refractivity contribution in [3.05, 3.63) is 35.9 Å². The van der Waals surface area contributed by atoms with Crippen LogP contribution in [0.2, 0.25) is 0 Å². The Labute approximate surface area is 91.3 Å². The summed E-state index contributed by atoms with van der Waals surface area (Å²) < 4.78 is 19.1. The Morgan fingerprint density at radius 3 is 2.33 bits per heavy atom. The maximum atomic E-state index is 13.6. The van der Waals surface area contributed by atoms with Crippen LogP contribution < -0.4 is 0 Å². The summed E-state index contributed by atoms with van der Waals surface area (Å²) in [4.78, 5) is 0. The third-order valence-corrected chi connectivity index (χ3v) is 2.07. The van der Waals surface area contributed by atoms with Gasteiger partial charge < -0.3 is 4.74 Å². The quantitative estimate of drug-likeness (QED) is 0.732. The van der Waals surface area contributed by atoms with Crippen LogP contribution in [0.1, 0.15) is 38.9 Å². The van der Waals surface area contributed by atoms with Crippen LogP contribution in [0.25, 0.3) is 0 Å². The molecule has 1 atom stereocenters. The van der Waals surface area contributed by atoms with Crippen LogP contribution in [0.3, 0.4) is 0 Å². The topological polar surface area (TPSA) is 9.23 Å². The van der Waals surface area contributed by atoms with Gasteiger partial charge >= 0.3 is 0 Å². The first-order valence-electron chi connectivity index (χ1n) is 5.32. The first kappa shape index (κ1) is 12.2. The van der Waals surface area contributed by atoms with Gasteiger partial charge in [0, 0.05) is 6.42 Å². The standard InChI is InChI=1S/C13H19FO/c1-13(2,3)15-10-9-12(14)11-7-5-4-6-8-11/h4-8,12H,9-10H2,1-3H3. The van der Waals surface area contributed by atoms with Crippen molar-refractivity contribution in [3.8, 4) is 0 Å². The van der Waals surface area contributed by atoms with Crippen molar-refractivity contribution in [2.45, 2.75) is 39.0 Å². The van der Waals surface area contributed by atoms with Crippen molar-refractivity contribution >= 4 is 0 Å². The molecule has 1 nitrogen and oxygen atoms in total. The van der Waals surface area contributed by atoms with Gasteiger partial charge in [0.15, 0.2) is 0 Å². The fourth-order valence-electron chi connectivity index (χ4n) is 1.30. The van der Waals surface area contributed by atoms with Crippen LogP contribution in [0, 0.1) is 0 Å². The average Bonchev–Trinajstić information content (AvgIpc) is 2.17. The van der Waals surface area contributed by atoms with E-state index in [4.69, 9.17) is 4.74 Å². The zero-order chi connectivity index (χ0) is 11.3. The number of alkyl halides is 1. The summed E-state index contributed by atoms with van der Waals surface area (Å²) in [7, 11) is 0. The SMILES string of the molecule is CC(C)(C)OCCC(F)c1ccccc1. The van der Waals surface area contributed by atoms with Crippen molar-refractivity contribution in [1.29, 1.82) is 0 Å². The Bertz CT molecular complexity index is 276. The minimum Gasteiger partial charge on any atom is -0.376 e. The van der Waals surface area contributed by atoms with Crippen LogP contribution in [-0.4, -0.2) is 12.2 Å². The van der Waals surface area contributed by atoms with E-state index in [1.807, 2.05) is 51.1 Å². The van der Waals surface area contributed by atoms with Gasteiger partial charge in [0.05, 0.1) is 12.2 Å². The molecule has 0 amide bonds. The highest BCUT2D eigenvalue weighted by molar-refractivity contribution is 5.17. The minimum atomic E-state index is -0.923. The molecule has 0 aromatic heterocycles. The van der Waals surface area contributed by atoms with Crippen LogP contribution in [0.15, 0.2) is 30.3 Å². The number of ether oxygens (including phenoxy) is 1. The molecule has 0 saturated carbocycles. The summed E-state index contributed by atoms with van der Waals surface area (Å²) in [5.74, 6) is 0. The normalized spacial score (nSPS) is 13.9. The molecule has 0 bridgehead atoms. The molecular weight excluding hydrogens is 191 g/mol. The second-order valence-corrected chi connectivity index (χ2v) is 4.63. The molecule has 0 radical (unpaired) electrons. The van der Waals surface area contributed by atoms with Gasteiger partial charge in [-0.05, 0) is 26.3 Å². The Kier molecular flexibility index (Phi) is 4.28. The second kappa shape index (κ2) is 5.26. The van der Waals surface area contributed by atoms with Crippen LogP contribution in [-0.2, 0) is 4.74 Å². The molecule has 0 fully saturated rings. The summed E-state index contributed by atoms with van der Waals surface area (Å²) in [6.45, 7) is 6.38. The highest BCUT2D eigenvalue weighted by Gasteiger charge is 2.13. The van der Waals surface area contributed by atoms with E-state index in [1.54, 1.807) is 0 Å². The summed E-state index contributed by atoms with van der Waals surface area (Å²) in [6, 6.07) is 9.21. The molecule has 1 aromatic carbocycles. The fourth-order valence-corrected chi connectivity index (χ4v) is 1.30. The van der Waals surface area contributed by atoms with Gasteiger partial charge in [-0.1, -0.05) is 30.3 Å². The van der Waals surface area contributed by atoms with Gasteiger partial charge in [-0.25, -0.2) is 4.39 Å². The maximum Gasteiger partial charge on any atom is 0.127 e. The molecule has 0 spiro atoms. The Hall–Kier alpha value is -0.890. The van der Waals surface area contributed by atoms with E-state index >= 15 is 0 Å². The molecule has 0 N–H and O–H groups in total. The van der Waals surface area contributed by atoms with E-state index in [0.717, 1.165) is 5.56 Å². The van der Waals surface area contributed by atoms with Gasteiger partial charge in [-0.3, -0.25) is 0 Å². The Morgan fingerprint density at radius 2 is 1.80 bits per heavy atom. The van der Waals surface area contributed by atoms with Crippen molar-refractivity contribution in [1.82, 2.24) is 0 Å². The van der Waals surface area contributed by atoms with Crippen molar-refractivity contribution in [2.24, 2.45) is 0 Å². The molecule has 0 heterocycles. The zero-order valence-electron chi connectivity index (χ0n) is 9.66. The predicted molar refractivity (Wildman–Crippen MR) is 60.6 cm³/mol. The lowest BCUT2D eigenvalue weighted by molar-refractivity contribution is -0.0114.